The largest absolute Gasteiger partial charge is 0.481 e. The van der Waals surface area contributed by atoms with Crippen molar-refractivity contribution in [3.8, 4) is 0 Å². The predicted molar refractivity (Wildman–Crippen MR) is 88.3 cm³/mol. The first kappa shape index (κ1) is 17.7. The van der Waals surface area contributed by atoms with Gasteiger partial charge in [0.15, 0.2) is 0 Å². The van der Waals surface area contributed by atoms with Crippen LogP contribution in [0, 0.1) is 11.8 Å². The molecule has 6 heteroatoms. The van der Waals surface area contributed by atoms with Crippen LogP contribution >= 0.6 is 0 Å². The average molecular weight is 337 g/mol. The maximum Gasteiger partial charge on any atom is 0.306 e. The van der Waals surface area contributed by atoms with Crippen molar-refractivity contribution >= 4 is 22.7 Å². The van der Waals surface area contributed by atoms with Crippen LogP contribution in [0.25, 0.3) is 0 Å². The zero-order valence-electron chi connectivity index (χ0n) is 13.5. The lowest BCUT2D eigenvalue weighted by Crippen LogP contribution is -2.35. The molecular weight excluding hydrogens is 314 g/mol. The molecule has 1 aliphatic rings. The third-order valence-electron chi connectivity index (χ3n) is 4.48. The van der Waals surface area contributed by atoms with Crippen LogP contribution in [-0.2, 0) is 26.9 Å². The summed E-state index contributed by atoms with van der Waals surface area (Å²) in [5.41, 5.74) is 0.995. The molecule has 1 N–H and O–H groups in total. The van der Waals surface area contributed by atoms with Crippen LogP contribution in [0.15, 0.2) is 29.2 Å². The van der Waals surface area contributed by atoms with E-state index in [-0.39, 0.29) is 17.7 Å². The van der Waals surface area contributed by atoms with Crippen molar-refractivity contribution in [2.75, 3.05) is 13.3 Å². The van der Waals surface area contributed by atoms with E-state index < -0.39 is 16.8 Å². The van der Waals surface area contributed by atoms with Gasteiger partial charge in [0.1, 0.15) is 0 Å². The minimum atomic E-state index is -0.998. The summed E-state index contributed by atoms with van der Waals surface area (Å²) >= 11 is 0. The first-order chi connectivity index (χ1) is 10.9. The quantitative estimate of drug-likeness (QED) is 0.894. The third-order valence-corrected chi connectivity index (χ3v) is 5.41. The molecule has 0 saturated heterocycles. The Bertz CT molecular complexity index is 591. The SMILES string of the molecule is CN(Cc1ccc(S(C)=O)cc1)C(=O)C1CCC(C(=O)O)CC1. The molecule has 0 aliphatic heterocycles. The Hall–Kier alpha value is -1.69. The standard InChI is InChI=1S/C17H23NO4S/c1-18(11-12-3-9-15(10-4-12)23(2)22)16(19)13-5-7-14(8-6-13)17(20)21/h3-4,9-10,13-14H,5-8,11H2,1-2H3,(H,20,21). The first-order valence-corrected chi connectivity index (χ1v) is 9.34. The lowest BCUT2D eigenvalue weighted by molar-refractivity contribution is -0.145. The zero-order chi connectivity index (χ0) is 17.0. The first-order valence-electron chi connectivity index (χ1n) is 7.78. The van der Waals surface area contributed by atoms with E-state index >= 15 is 0 Å². The fourth-order valence-corrected chi connectivity index (χ4v) is 3.56. The van der Waals surface area contributed by atoms with Gasteiger partial charge in [-0.15, -0.1) is 0 Å². The number of hydrogen-bond donors (Lipinski definition) is 1. The van der Waals surface area contributed by atoms with Crippen LogP contribution in [0.1, 0.15) is 31.2 Å². The van der Waals surface area contributed by atoms with Gasteiger partial charge in [-0.05, 0) is 43.4 Å². The highest BCUT2D eigenvalue weighted by atomic mass is 32.2. The van der Waals surface area contributed by atoms with Gasteiger partial charge in [-0.25, -0.2) is 0 Å². The second kappa shape index (κ2) is 7.73. The number of amides is 1. The number of nitrogens with zero attached hydrogens (tertiary/aromatic N) is 1. The van der Waals surface area contributed by atoms with E-state index in [1.807, 2.05) is 24.3 Å². The van der Waals surface area contributed by atoms with Crippen molar-refractivity contribution in [1.29, 1.82) is 0 Å². The number of benzene rings is 1. The van der Waals surface area contributed by atoms with Crippen molar-refractivity contribution in [3.05, 3.63) is 29.8 Å². The topological polar surface area (TPSA) is 74.7 Å². The van der Waals surface area contributed by atoms with Crippen molar-refractivity contribution in [3.63, 3.8) is 0 Å². The Labute approximate surface area is 139 Å². The zero-order valence-corrected chi connectivity index (χ0v) is 14.3. The maximum atomic E-state index is 12.5. The summed E-state index contributed by atoms with van der Waals surface area (Å²) in [4.78, 5) is 25.9. The van der Waals surface area contributed by atoms with Crippen LogP contribution < -0.4 is 0 Å². The minimum Gasteiger partial charge on any atom is -0.481 e. The molecule has 1 unspecified atom stereocenters. The molecule has 0 bridgehead atoms. The lowest BCUT2D eigenvalue weighted by Gasteiger charge is -2.29. The van der Waals surface area contributed by atoms with Gasteiger partial charge in [-0.2, -0.15) is 0 Å². The molecule has 23 heavy (non-hydrogen) atoms. The molecule has 126 valence electrons. The highest BCUT2D eigenvalue weighted by molar-refractivity contribution is 7.84. The Morgan fingerprint density at radius 1 is 1.13 bits per heavy atom. The van der Waals surface area contributed by atoms with Crippen LogP contribution in [0.3, 0.4) is 0 Å². The normalized spacial score (nSPS) is 22.3. The molecule has 0 aromatic heterocycles. The fourth-order valence-electron chi connectivity index (χ4n) is 3.04. The molecule has 5 nitrogen and oxygen atoms in total. The van der Waals surface area contributed by atoms with Gasteiger partial charge >= 0.3 is 5.97 Å². The van der Waals surface area contributed by atoms with Crippen molar-refractivity contribution in [2.24, 2.45) is 11.8 Å². The Balaban J connectivity index is 1.90. The molecule has 1 aromatic rings. The van der Waals surface area contributed by atoms with Crippen LogP contribution in [0.4, 0.5) is 0 Å². The van der Waals surface area contributed by atoms with Gasteiger partial charge < -0.3 is 10.0 Å². The molecule has 2 rings (SSSR count). The second-order valence-electron chi connectivity index (χ2n) is 6.18. The highest BCUT2D eigenvalue weighted by Gasteiger charge is 2.31. The molecule has 1 atom stereocenters. The van der Waals surface area contributed by atoms with E-state index in [1.165, 1.54) is 0 Å². The third kappa shape index (κ3) is 4.64. The van der Waals surface area contributed by atoms with E-state index in [1.54, 1.807) is 18.2 Å². The summed E-state index contributed by atoms with van der Waals surface area (Å²) in [7, 11) is 0.777. The molecule has 1 fully saturated rings. The smallest absolute Gasteiger partial charge is 0.306 e. The molecule has 0 radical (unpaired) electrons. The van der Waals surface area contributed by atoms with Gasteiger partial charge in [0.25, 0.3) is 0 Å². The number of rotatable bonds is 5. The molecule has 1 aliphatic carbocycles. The number of hydrogen-bond acceptors (Lipinski definition) is 3. The number of carboxylic acid groups (broad SMARTS) is 1. The molecule has 1 amide bonds. The van der Waals surface area contributed by atoms with E-state index in [9.17, 15) is 13.8 Å². The summed E-state index contributed by atoms with van der Waals surface area (Å²) in [5.74, 6) is -1.04. The Morgan fingerprint density at radius 2 is 1.65 bits per heavy atom. The van der Waals surface area contributed by atoms with Crippen LogP contribution in [0.2, 0.25) is 0 Å². The Morgan fingerprint density at radius 3 is 2.13 bits per heavy atom. The summed E-state index contributed by atoms with van der Waals surface area (Å²) < 4.78 is 11.4. The highest BCUT2D eigenvalue weighted by Crippen LogP contribution is 2.30. The van der Waals surface area contributed by atoms with E-state index in [4.69, 9.17) is 5.11 Å². The average Bonchev–Trinajstić information content (AvgIpc) is 2.54. The van der Waals surface area contributed by atoms with Gasteiger partial charge in [0, 0.05) is 41.5 Å². The van der Waals surface area contributed by atoms with Gasteiger partial charge in [0.05, 0.1) is 5.92 Å². The molecule has 1 aromatic carbocycles. The summed E-state index contributed by atoms with van der Waals surface area (Å²) in [5, 5.41) is 9.01. The molecule has 0 spiro atoms. The molecular formula is C17H23NO4S. The van der Waals surface area contributed by atoms with E-state index in [2.05, 4.69) is 0 Å². The number of carboxylic acids is 1. The summed E-state index contributed by atoms with van der Waals surface area (Å²) in [6.07, 6.45) is 4.09. The van der Waals surface area contributed by atoms with E-state index in [0.717, 1.165) is 10.5 Å². The van der Waals surface area contributed by atoms with Gasteiger partial charge in [-0.1, -0.05) is 12.1 Å². The number of aliphatic carboxylic acids is 1. The molecule has 1 saturated carbocycles. The Kier molecular flexibility index (Phi) is 5.93. The lowest BCUT2D eigenvalue weighted by atomic mass is 9.81. The number of carbonyl (C=O) groups excluding carboxylic acids is 1. The van der Waals surface area contributed by atoms with Crippen molar-refractivity contribution in [2.45, 2.75) is 37.1 Å². The van der Waals surface area contributed by atoms with Crippen molar-refractivity contribution in [1.82, 2.24) is 4.90 Å². The summed E-state index contributed by atoms with van der Waals surface area (Å²) in [6, 6.07) is 7.42. The fraction of sp³-hybridized carbons (Fsp3) is 0.529. The minimum absolute atomic E-state index is 0.0713. The van der Waals surface area contributed by atoms with E-state index in [0.29, 0.717) is 32.2 Å². The maximum absolute atomic E-state index is 12.5. The predicted octanol–water partition coefficient (Wildman–Crippen LogP) is 2.27. The van der Waals surface area contributed by atoms with Gasteiger partial charge in [0.2, 0.25) is 5.91 Å². The van der Waals surface area contributed by atoms with Gasteiger partial charge in [-0.3, -0.25) is 13.8 Å². The van der Waals surface area contributed by atoms with Crippen LogP contribution in [-0.4, -0.2) is 39.4 Å². The number of carbonyl (C=O) groups is 2. The van der Waals surface area contributed by atoms with Crippen molar-refractivity contribution < 1.29 is 18.9 Å². The molecule has 0 heterocycles. The monoisotopic (exact) mass is 337 g/mol. The second-order valence-corrected chi connectivity index (χ2v) is 7.56. The van der Waals surface area contributed by atoms with Crippen LogP contribution in [0.5, 0.6) is 0 Å². The summed E-state index contributed by atoms with van der Waals surface area (Å²) in [6.45, 7) is 0.508.